The van der Waals surface area contributed by atoms with Crippen LogP contribution in [0.1, 0.15) is 62.6 Å². The summed E-state index contributed by atoms with van der Waals surface area (Å²) in [4.78, 5) is 12.0. The summed E-state index contributed by atoms with van der Waals surface area (Å²) in [6.45, 7) is 7.01. The number of unbranched alkanes of at least 4 members (excludes halogenated alkanes) is 2. The summed E-state index contributed by atoms with van der Waals surface area (Å²) >= 11 is 0. The van der Waals surface area contributed by atoms with E-state index in [1.54, 1.807) is 0 Å². The molecule has 3 nitrogen and oxygen atoms in total. The van der Waals surface area contributed by atoms with E-state index in [0.717, 1.165) is 43.6 Å². The van der Waals surface area contributed by atoms with E-state index >= 15 is 0 Å². The average Bonchev–Trinajstić information content (AvgIpc) is 2.72. The maximum absolute atomic E-state index is 12.0. The Balaban J connectivity index is 2.69. The molecule has 0 amide bonds. The Bertz CT molecular complexity index is 342. The number of hydrogen-bond acceptors (Lipinski definition) is 2. The van der Waals surface area contributed by atoms with Crippen LogP contribution in [-0.2, 0) is 13.0 Å². The third kappa shape index (κ3) is 3.19. The minimum absolute atomic E-state index is 0.238. The second-order valence-electron chi connectivity index (χ2n) is 4.07. The molecule has 1 aromatic heterocycles. The highest BCUT2D eigenvalue weighted by Crippen LogP contribution is 2.11. The number of Topliss-reactive ketones (excluding diaryl/α,β-unsaturated/α-hetero) is 1. The van der Waals surface area contributed by atoms with Crippen molar-refractivity contribution in [1.29, 1.82) is 0 Å². The van der Waals surface area contributed by atoms with Gasteiger partial charge in [0.1, 0.15) is 5.69 Å². The van der Waals surface area contributed by atoms with Gasteiger partial charge < -0.3 is 0 Å². The fraction of sp³-hybridized carbons (Fsp3) is 0.692. The molecule has 1 rings (SSSR count). The molecule has 1 aromatic rings. The summed E-state index contributed by atoms with van der Waals surface area (Å²) in [5.41, 5.74) is 1.80. The molecular weight excluding hydrogens is 200 g/mol. The van der Waals surface area contributed by atoms with Crippen LogP contribution in [0.2, 0.25) is 0 Å². The molecule has 0 unspecified atom stereocenters. The zero-order valence-corrected chi connectivity index (χ0v) is 10.6. The smallest absolute Gasteiger partial charge is 0.180 e. The summed E-state index contributed by atoms with van der Waals surface area (Å²) < 4.78 is 1.83. The first kappa shape index (κ1) is 12.9. The maximum Gasteiger partial charge on any atom is 0.180 e. The second-order valence-corrected chi connectivity index (χ2v) is 4.07. The molecule has 0 N–H and O–H groups in total. The molecule has 1 heterocycles. The number of rotatable bonds is 7. The van der Waals surface area contributed by atoms with Crippen molar-refractivity contribution in [3.63, 3.8) is 0 Å². The van der Waals surface area contributed by atoms with Crippen LogP contribution in [-0.4, -0.2) is 15.6 Å². The number of nitrogens with zero attached hydrogens (tertiary/aromatic N) is 2. The van der Waals surface area contributed by atoms with Crippen molar-refractivity contribution in [3.05, 3.63) is 17.5 Å². The molecule has 3 heteroatoms. The van der Waals surface area contributed by atoms with Crippen LogP contribution in [0.3, 0.4) is 0 Å². The first-order valence-corrected chi connectivity index (χ1v) is 6.32. The molecule has 0 bridgehead atoms. The van der Waals surface area contributed by atoms with Gasteiger partial charge in [-0.25, -0.2) is 0 Å². The van der Waals surface area contributed by atoms with Crippen molar-refractivity contribution in [2.75, 3.05) is 0 Å². The minimum atomic E-state index is 0.238. The van der Waals surface area contributed by atoms with Gasteiger partial charge >= 0.3 is 0 Å². The van der Waals surface area contributed by atoms with Gasteiger partial charge in [0.2, 0.25) is 0 Å². The summed E-state index contributed by atoms with van der Waals surface area (Å²) in [6.07, 6.45) is 4.82. The number of aryl methyl sites for hydroxylation is 2. The zero-order chi connectivity index (χ0) is 12.0. The van der Waals surface area contributed by atoms with E-state index in [0.29, 0.717) is 6.42 Å². The Morgan fingerprint density at radius 1 is 1.31 bits per heavy atom. The van der Waals surface area contributed by atoms with Crippen LogP contribution in [0.25, 0.3) is 0 Å². The van der Waals surface area contributed by atoms with Crippen LogP contribution < -0.4 is 0 Å². The quantitative estimate of drug-likeness (QED) is 0.524. The third-order valence-electron chi connectivity index (χ3n) is 2.79. The van der Waals surface area contributed by atoms with Crippen LogP contribution in [0.15, 0.2) is 6.07 Å². The Morgan fingerprint density at radius 2 is 2.06 bits per heavy atom. The third-order valence-corrected chi connectivity index (χ3v) is 2.79. The van der Waals surface area contributed by atoms with Gasteiger partial charge in [0, 0.05) is 13.0 Å². The van der Waals surface area contributed by atoms with E-state index in [4.69, 9.17) is 0 Å². The number of carbonyl (C=O) groups excluding carboxylic acids is 1. The summed E-state index contributed by atoms with van der Waals surface area (Å²) in [5, 5.41) is 4.39. The summed E-state index contributed by atoms with van der Waals surface area (Å²) in [7, 11) is 0. The van der Waals surface area contributed by atoms with Crippen LogP contribution >= 0.6 is 0 Å². The fourth-order valence-corrected chi connectivity index (χ4v) is 1.77. The normalized spacial score (nSPS) is 10.7. The van der Waals surface area contributed by atoms with Gasteiger partial charge in [-0.3, -0.25) is 9.48 Å². The summed E-state index contributed by atoms with van der Waals surface area (Å²) in [5.74, 6) is 0.238. The molecule has 0 spiro atoms. The first-order valence-electron chi connectivity index (χ1n) is 6.32. The van der Waals surface area contributed by atoms with Crippen molar-refractivity contribution in [2.24, 2.45) is 0 Å². The number of aromatic nitrogens is 2. The molecule has 0 fully saturated rings. The van der Waals surface area contributed by atoms with Crippen LogP contribution in [0.5, 0.6) is 0 Å². The topological polar surface area (TPSA) is 34.9 Å². The van der Waals surface area contributed by atoms with Gasteiger partial charge in [0.25, 0.3) is 0 Å². The number of ketones is 1. The molecule has 16 heavy (non-hydrogen) atoms. The Morgan fingerprint density at radius 3 is 2.62 bits per heavy atom. The number of hydrogen-bond donors (Lipinski definition) is 0. The Labute approximate surface area is 97.8 Å². The van der Waals surface area contributed by atoms with Crippen LogP contribution in [0.4, 0.5) is 0 Å². The lowest BCUT2D eigenvalue weighted by molar-refractivity contribution is 0.0969. The second kappa shape index (κ2) is 6.46. The maximum atomic E-state index is 12.0. The lowest BCUT2D eigenvalue weighted by Crippen LogP contribution is -2.09. The van der Waals surface area contributed by atoms with E-state index < -0.39 is 0 Å². The minimum Gasteiger partial charge on any atom is -0.292 e. The lowest BCUT2D eigenvalue weighted by atomic mass is 10.1. The van der Waals surface area contributed by atoms with Crippen molar-refractivity contribution in [2.45, 2.75) is 59.4 Å². The highest BCUT2D eigenvalue weighted by atomic mass is 16.1. The van der Waals surface area contributed by atoms with Crippen LogP contribution in [0, 0.1) is 0 Å². The molecule has 0 saturated carbocycles. The summed E-state index contributed by atoms with van der Waals surface area (Å²) in [6, 6.07) is 1.94. The van der Waals surface area contributed by atoms with Crippen molar-refractivity contribution < 1.29 is 4.79 Å². The molecule has 0 aliphatic heterocycles. The van der Waals surface area contributed by atoms with Gasteiger partial charge in [0.05, 0.1) is 5.69 Å². The van der Waals surface area contributed by atoms with Gasteiger partial charge in [0.15, 0.2) is 5.78 Å². The van der Waals surface area contributed by atoms with E-state index in [-0.39, 0.29) is 5.78 Å². The van der Waals surface area contributed by atoms with Crippen molar-refractivity contribution in [3.8, 4) is 0 Å². The highest BCUT2D eigenvalue weighted by molar-refractivity contribution is 5.94. The predicted molar refractivity (Wildman–Crippen MR) is 65.8 cm³/mol. The standard InChI is InChI=1S/C13H22N2O/c1-4-7-8-9-13(16)12-10-11(5-2)14-15(12)6-3/h10H,4-9H2,1-3H3. The largest absolute Gasteiger partial charge is 0.292 e. The van der Waals surface area contributed by atoms with E-state index in [2.05, 4.69) is 18.9 Å². The van der Waals surface area contributed by atoms with E-state index in [1.165, 1.54) is 0 Å². The molecule has 0 aromatic carbocycles. The molecule has 0 radical (unpaired) electrons. The lowest BCUT2D eigenvalue weighted by Gasteiger charge is -2.02. The highest BCUT2D eigenvalue weighted by Gasteiger charge is 2.13. The first-order chi connectivity index (χ1) is 7.72. The SMILES string of the molecule is CCCCCC(=O)c1cc(CC)nn1CC. The molecule has 0 aliphatic rings. The Kier molecular flexibility index (Phi) is 5.23. The molecule has 0 saturated heterocycles. The molecular formula is C13H22N2O. The van der Waals surface area contributed by atoms with Crippen molar-refractivity contribution >= 4 is 5.78 Å². The van der Waals surface area contributed by atoms with Gasteiger partial charge in [-0.1, -0.05) is 26.7 Å². The van der Waals surface area contributed by atoms with E-state index in [1.807, 2.05) is 17.7 Å². The molecule has 0 aliphatic carbocycles. The Hall–Kier alpha value is -1.12. The van der Waals surface area contributed by atoms with Gasteiger partial charge in [-0.15, -0.1) is 0 Å². The molecule has 90 valence electrons. The zero-order valence-electron chi connectivity index (χ0n) is 10.6. The number of carbonyl (C=O) groups is 1. The molecule has 0 atom stereocenters. The fourth-order valence-electron chi connectivity index (χ4n) is 1.77. The average molecular weight is 222 g/mol. The van der Waals surface area contributed by atoms with Gasteiger partial charge in [-0.2, -0.15) is 5.10 Å². The van der Waals surface area contributed by atoms with E-state index in [9.17, 15) is 4.79 Å². The predicted octanol–water partition coefficient (Wildman–Crippen LogP) is 3.23. The van der Waals surface area contributed by atoms with Crippen molar-refractivity contribution in [1.82, 2.24) is 9.78 Å². The van der Waals surface area contributed by atoms with Gasteiger partial charge in [-0.05, 0) is 25.8 Å². The monoisotopic (exact) mass is 222 g/mol.